The zero-order valence-electron chi connectivity index (χ0n) is 14.1. The SMILES string of the molecule is CN=C(NCCCOc1ccccc1)NCCc1ncc(C)s1.I. The van der Waals surface area contributed by atoms with E-state index in [-0.39, 0.29) is 24.0 Å². The van der Waals surface area contributed by atoms with Gasteiger partial charge in [0.25, 0.3) is 0 Å². The van der Waals surface area contributed by atoms with Gasteiger partial charge in [0.2, 0.25) is 0 Å². The summed E-state index contributed by atoms with van der Waals surface area (Å²) >= 11 is 1.74. The van der Waals surface area contributed by atoms with E-state index in [0.29, 0.717) is 6.61 Å². The van der Waals surface area contributed by atoms with Gasteiger partial charge in [-0.05, 0) is 25.5 Å². The zero-order chi connectivity index (χ0) is 16.3. The van der Waals surface area contributed by atoms with E-state index < -0.39 is 0 Å². The average molecular weight is 460 g/mol. The maximum Gasteiger partial charge on any atom is 0.190 e. The molecule has 0 amide bonds. The van der Waals surface area contributed by atoms with Crippen LogP contribution in [0.1, 0.15) is 16.3 Å². The Bertz CT molecular complexity index is 604. The van der Waals surface area contributed by atoms with Gasteiger partial charge in [-0.1, -0.05) is 18.2 Å². The zero-order valence-corrected chi connectivity index (χ0v) is 17.3. The second-order valence-corrected chi connectivity index (χ2v) is 6.37. The predicted octanol–water partition coefficient (Wildman–Crippen LogP) is 3.25. The van der Waals surface area contributed by atoms with Crippen molar-refractivity contribution < 1.29 is 4.74 Å². The second-order valence-electron chi connectivity index (χ2n) is 5.06. The molecule has 0 aliphatic rings. The Morgan fingerprint density at radius 2 is 1.96 bits per heavy atom. The first-order valence-corrected chi connectivity index (χ1v) is 8.63. The summed E-state index contributed by atoms with van der Waals surface area (Å²) in [5.41, 5.74) is 0. The molecule has 5 nitrogen and oxygen atoms in total. The molecule has 0 saturated carbocycles. The van der Waals surface area contributed by atoms with Gasteiger partial charge in [-0.2, -0.15) is 0 Å². The van der Waals surface area contributed by atoms with E-state index in [0.717, 1.165) is 42.6 Å². The minimum absolute atomic E-state index is 0. The van der Waals surface area contributed by atoms with Gasteiger partial charge in [-0.25, -0.2) is 4.98 Å². The molecule has 0 aliphatic heterocycles. The van der Waals surface area contributed by atoms with Crippen LogP contribution in [0.25, 0.3) is 0 Å². The van der Waals surface area contributed by atoms with Crippen molar-refractivity contribution in [3.63, 3.8) is 0 Å². The molecule has 24 heavy (non-hydrogen) atoms. The Morgan fingerprint density at radius 3 is 2.62 bits per heavy atom. The highest BCUT2D eigenvalue weighted by atomic mass is 127. The fraction of sp³-hybridized carbons (Fsp3) is 0.412. The van der Waals surface area contributed by atoms with E-state index in [9.17, 15) is 0 Å². The molecule has 2 aromatic rings. The summed E-state index contributed by atoms with van der Waals surface area (Å²) in [6.45, 7) is 4.41. The topological polar surface area (TPSA) is 58.5 Å². The molecule has 0 bridgehead atoms. The van der Waals surface area contributed by atoms with Crippen molar-refractivity contribution in [1.29, 1.82) is 0 Å². The number of ether oxygens (including phenoxy) is 1. The van der Waals surface area contributed by atoms with Gasteiger partial charge in [0.05, 0.1) is 11.6 Å². The Kier molecular flexibility index (Phi) is 10.4. The van der Waals surface area contributed by atoms with Crippen LogP contribution >= 0.6 is 35.3 Å². The number of nitrogens with zero attached hydrogens (tertiary/aromatic N) is 2. The smallest absolute Gasteiger partial charge is 0.190 e. The number of hydrogen-bond acceptors (Lipinski definition) is 4. The molecule has 2 rings (SSSR count). The van der Waals surface area contributed by atoms with E-state index >= 15 is 0 Å². The van der Waals surface area contributed by atoms with Crippen molar-refractivity contribution in [3.8, 4) is 5.75 Å². The molecule has 0 radical (unpaired) electrons. The van der Waals surface area contributed by atoms with Crippen LogP contribution in [0.15, 0.2) is 41.5 Å². The molecule has 1 aromatic carbocycles. The van der Waals surface area contributed by atoms with Gasteiger partial charge in [-0.15, -0.1) is 35.3 Å². The minimum Gasteiger partial charge on any atom is -0.494 e. The maximum absolute atomic E-state index is 5.66. The Balaban J connectivity index is 0.00000288. The first-order chi connectivity index (χ1) is 11.3. The number of hydrogen-bond donors (Lipinski definition) is 2. The lowest BCUT2D eigenvalue weighted by atomic mass is 10.3. The van der Waals surface area contributed by atoms with E-state index in [1.807, 2.05) is 36.5 Å². The van der Waals surface area contributed by atoms with Gasteiger partial charge >= 0.3 is 0 Å². The molecule has 0 atom stereocenters. The third kappa shape index (κ3) is 7.96. The molecule has 0 saturated heterocycles. The van der Waals surface area contributed by atoms with Crippen LogP contribution < -0.4 is 15.4 Å². The third-order valence-electron chi connectivity index (χ3n) is 3.15. The highest BCUT2D eigenvalue weighted by Crippen LogP contribution is 2.11. The number of para-hydroxylation sites is 1. The van der Waals surface area contributed by atoms with Crippen LogP contribution in [-0.4, -0.2) is 37.7 Å². The summed E-state index contributed by atoms with van der Waals surface area (Å²) in [5, 5.41) is 7.74. The Hall–Kier alpha value is -1.35. The largest absolute Gasteiger partial charge is 0.494 e. The Labute approximate surface area is 165 Å². The van der Waals surface area contributed by atoms with Crippen LogP contribution in [0.5, 0.6) is 5.75 Å². The number of aryl methyl sites for hydroxylation is 1. The van der Waals surface area contributed by atoms with Crippen LogP contribution in [0.3, 0.4) is 0 Å². The molecular formula is C17H25IN4OS. The number of nitrogens with one attached hydrogen (secondary N) is 2. The minimum atomic E-state index is 0. The second kappa shape index (κ2) is 12.1. The first kappa shape index (κ1) is 20.7. The summed E-state index contributed by atoms with van der Waals surface area (Å²) in [5.74, 6) is 1.73. The number of thiazole rings is 1. The number of aromatic nitrogens is 1. The highest BCUT2D eigenvalue weighted by Gasteiger charge is 2.01. The average Bonchev–Trinajstić information content (AvgIpc) is 2.99. The highest BCUT2D eigenvalue weighted by molar-refractivity contribution is 14.0. The number of aliphatic imine (C=N–C) groups is 1. The summed E-state index contributed by atoms with van der Waals surface area (Å²) in [6, 6.07) is 9.87. The van der Waals surface area contributed by atoms with Crippen molar-refractivity contribution in [2.75, 3.05) is 26.7 Å². The lowest BCUT2D eigenvalue weighted by Crippen LogP contribution is -2.39. The van der Waals surface area contributed by atoms with E-state index in [4.69, 9.17) is 4.74 Å². The number of guanidine groups is 1. The summed E-state index contributed by atoms with van der Waals surface area (Å²) < 4.78 is 5.66. The summed E-state index contributed by atoms with van der Waals surface area (Å²) in [6.07, 6.45) is 3.75. The molecule has 0 aliphatic carbocycles. The molecule has 0 spiro atoms. The van der Waals surface area contributed by atoms with Crippen LogP contribution in [0.4, 0.5) is 0 Å². The van der Waals surface area contributed by atoms with E-state index in [1.54, 1.807) is 18.4 Å². The van der Waals surface area contributed by atoms with Gasteiger partial charge in [0.1, 0.15) is 5.75 Å². The third-order valence-corrected chi connectivity index (χ3v) is 4.12. The van der Waals surface area contributed by atoms with Gasteiger partial charge < -0.3 is 15.4 Å². The van der Waals surface area contributed by atoms with Crippen molar-refractivity contribution in [1.82, 2.24) is 15.6 Å². The quantitative estimate of drug-likeness (QED) is 0.275. The normalized spacial score (nSPS) is 10.8. The molecular weight excluding hydrogens is 435 g/mol. The molecule has 0 unspecified atom stereocenters. The monoisotopic (exact) mass is 460 g/mol. The molecule has 0 fully saturated rings. The van der Waals surface area contributed by atoms with E-state index in [2.05, 4.69) is 27.5 Å². The predicted molar refractivity (Wildman–Crippen MR) is 112 cm³/mol. The van der Waals surface area contributed by atoms with Crippen molar-refractivity contribution >= 4 is 41.3 Å². The first-order valence-electron chi connectivity index (χ1n) is 7.81. The number of benzene rings is 1. The van der Waals surface area contributed by atoms with Crippen molar-refractivity contribution in [3.05, 3.63) is 46.4 Å². The Morgan fingerprint density at radius 1 is 1.21 bits per heavy atom. The van der Waals surface area contributed by atoms with Gasteiger partial charge in [0, 0.05) is 37.6 Å². The molecule has 132 valence electrons. The fourth-order valence-electron chi connectivity index (χ4n) is 2.01. The van der Waals surface area contributed by atoms with Crippen LogP contribution in [0.2, 0.25) is 0 Å². The summed E-state index contributed by atoms with van der Waals surface area (Å²) in [4.78, 5) is 9.82. The fourth-order valence-corrected chi connectivity index (χ4v) is 2.80. The molecule has 2 N–H and O–H groups in total. The molecule has 1 aromatic heterocycles. The van der Waals surface area contributed by atoms with Crippen LogP contribution in [-0.2, 0) is 6.42 Å². The van der Waals surface area contributed by atoms with Crippen molar-refractivity contribution in [2.45, 2.75) is 19.8 Å². The summed E-state index contributed by atoms with van der Waals surface area (Å²) in [7, 11) is 1.78. The van der Waals surface area contributed by atoms with E-state index in [1.165, 1.54) is 4.88 Å². The van der Waals surface area contributed by atoms with Crippen molar-refractivity contribution in [2.24, 2.45) is 4.99 Å². The number of halogens is 1. The standard InChI is InChI=1S/C17H24N4OS.HI/c1-14-13-21-16(23-14)9-11-20-17(18-2)19-10-6-12-22-15-7-4-3-5-8-15;/h3-5,7-8,13H,6,9-12H2,1-2H3,(H2,18,19,20);1H. The molecule has 7 heteroatoms. The number of rotatable bonds is 8. The molecule has 1 heterocycles. The lowest BCUT2D eigenvalue weighted by Gasteiger charge is -2.11. The lowest BCUT2D eigenvalue weighted by molar-refractivity contribution is 0.311. The maximum atomic E-state index is 5.66. The van der Waals surface area contributed by atoms with Gasteiger partial charge in [0.15, 0.2) is 5.96 Å². The van der Waals surface area contributed by atoms with Gasteiger partial charge in [-0.3, -0.25) is 4.99 Å². The van der Waals surface area contributed by atoms with Crippen LogP contribution in [0, 0.1) is 6.92 Å².